The summed E-state index contributed by atoms with van der Waals surface area (Å²) in [4.78, 5) is 0. The summed E-state index contributed by atoms with van der Waals surface area (Å²) in [5.41, 5.74) is 0.844. The zero-order valence-corrected chi connectivity index (χ0v) is 10.5. The van der Waals surface area contributed by atoms with E-state index < -0.39 is 6.10 Å². The third-order valence-corrected chi connectivity index (χ3v) is 3.15. The van der Waals surface area contributed by atoms with E-state index in [0.717, 1.165) is 30.3 Å². The van der Waals surface area contributed by atoms with Gasteiger partial charge >= 0.3 is 0 Å². The molecule has 0 bridgehead atoms. The molecule has 94 valence electrons. The van der Waals surface area contributed by atoms with Crippen LogP contribution in [0.1, 0.15) is 37.9 Å². The number of aliphatic hydroxyl groups is 1. The van der Waals surface area contributed by atoms with Gasteiger partial charge in [-0.05, 0) is 37.0 Å². The van der Waals surface area contributed by atoms with Crippen molar-refractivity contribution >= 4 is 0 Å². The highest BCUT2D eigenvalue weighted by Gasteiger charge is 2.21. The van der Waals surface area contributed by atoms with Crippen molar-refractivity contribution in [3.05, 3.63) is 23.8 Å². The zero-order valence-electron chi connectivity index (χ0n) is 10.5. The maximum atomic E-state index is 9.50. The Morgan fingerprint density at radius 3 is 2.71 bits per heavy atom. The van der Waals surface area contributed by atoms with Crippen molar-refractivity contribution in [3.8, 4) is 11.5 Å². The molecule has 1 aliphatic carbocycles. The van der Waals surface area contributed by atoms with Crippen LogP contribution in [0.3, 0.4) is 0 Å². The van der Waals surface area contributed by atoms with Gasteiger partial charge in [0.25, 0.3) is 0 Å². The molecule has 1 fully saturated rings. The second-order valence-electron chi connectivity index (χ2n) is 4.67. The molecule has 2 rings (SSSR count). The molecule has 3 heteroatoms. The Kier molecular flexibility index (Phi) is 3.89. The highest BCUT2D eigenvalue weighted by Crippen LogP contribution is 2.34. The lowest BCUT2D eigenvalue weighted by atomic mass is 10.1. The number of hydrogen-bond donors (Lipinski definition) is 1. The van der Waals surface area contributed by atoms with Gasteiger partial charge in [-0.25, -0.2) is 0 Å². The van der Waals surface area contributed by atoms with Gasteiger partial charge in [0.05, 0.1) is 19.8 Å². The summed E-state index contributed by atoms with van der Waals surface area (Å²) >= 11 is 0. The van der Waals surface area contributed by atoms with E-state index in [4.69, 9.17) is 9.47 Å². The Morgan fingerprint density at radius 1 is 1.35 bits per heavy atom. The smallest absolute Gasteiger partial charge is 0.161 e. The van der Waals surface area contributed by atoms with E-state index in [9.17, 15) is 5.11 Å². The quantitative estimate of drug-likeness (QED) is 0.825. The van der Waals surface area contributed by atoms with Gasteiger partial charge in [0, 0.05) is 0 Å². The number of benzene rings is 1. The Labute approximate surface area is 102 Å². The highest BCUT2D eigenvalue weighted by atomic mass is 16.5. The van der Waals surface area contributed by atoms with Crippen LogP contribution in [0, 0.1) is 5.92 Å². The SMILES string of the molecule is COc1cc(C(C)O)ccc1OCCC1CC1. The van der Waals surface area contributed by atoms with Gasteiger partial charge in [-0.2, -0.15) is 0 Å². The van der Waals surface area contributed by atoms with Crippen LogP contribution in [-0.2, 0) is 0 Å². The number of hydrogen-bond acceptors (Lipinski definition) is 3. The molecule has 0 radical (unpaired) electrons. The first kappa shape index (κ1) is 12.2. The molecule has 0 spiro atoms. The topological polar surface area (TPSA) is 38.7 Å². The molecule has 1 unspecified atom stereocenters. The largest absolute Gasteiger partial charge is 0.493 e. The van der Waals surface area contributed by atoms with Gasteiger partial charge < -0.3 is 14.6 Å². The molecule has 1 aromatic rings. The van der Waals surface area contributed by atoms with Crippen molar-refractivity contribution in [1.29, 1.82) is 0 Å². The Bertz CT molecular complexity index is 370. The molecular formula is C14H20O3. The average Bonchev–Trinajstić information content (AvgIpc) is 3.13. The molecule has 17 heavy (non-hydrogen) atoms. The van der Waals surface area contributed by atoms with E-state index in [0.29, 0.717) is 5.75 Å². The highest BCUT2D eigenvalue weighted by molar-refractivity contribution is 5.43. The van der Waals surface area contributed by atoms with Crippen LogP contribution in [0.5, 0.6) is 11.5 Å². The van der Waals surface area contributed by atoms with Crippen LogP contribution in [-0.4, -0.2) is 18.8 Å². The average molecular weight is 236 g/mol. The van der Waals surface area contributed by atoms with Gasteiger partial charge in [0.2, 0.25) is 0 Å². The first-order chi connectivity index (χ1) is 8.20. The predicted molar refractivity (Wildman–Crippen MR) is 66.5 cm³/mol. The normalized spacial score (nSPS) is 16.6. The van der Waals surface area contributed by atoms with Gasteiger partial charge in [-0.3, -0.25) is 0 Å². The minimum atomic E-state index is -0.482. The van der Waals surface area contributed by atoms with Crippen LogP contribution in [0.4, 0.5) is 0 Å². The standard InChI is InChI=1S/C14H20O3/c1-10(15)12-5-6-13(14(9-12)16-2)17-8-7-11-3-4-11/h5-6,9-11,15H,3-4,7-8H2,1-2H3. The first-order valence-electron chi connectivity index (χ1n) is 6.19. The summed E-state index contributed by atoms with van der Waals surface area (Å²) in [5, 5.41) is 9.50. The number of ether oxygens (including phenoxy) is 2. The molecule has 1 aliphatic rings. The maximum Gasteiger partial charge on any atom is 0.161 e. The van der Waals surface area contributed by atoms with E-state index in [2.05, 4.69) is 0 Å². The molecular weight excluding hydrogens is 216 g/mol. The second-order valence-corrected chi connectivity index (χ2v) is 4.67. The summed E-state index contributed by atoms with van der Waals surface area (Å²) in [6.07, 6.45) is 3.34. The lowest BCUT2D eigenvalue weighted by Crippen LogP contribution is -2.01. The molecule has 3 nitrogen and oxygen atoms in total. The van der Waals surface area contributed by atoms with Crippen LogP contribution in [0.15, 0.2) is 18.2 Å². The van der Waals surface area contributed by atoms with Crippen molar-refractivity contribution in [2.75, 3.05) is 13.7 Å². The fourth-order valence-electron chi connectivity index (χ4n) is 1.81. The minimum absolute atomic E-state index is 0.482. The van der Waals surface area contributed by atoms with Gasteiger partial charge in [0.15, 0.2) is 11.5 Å². The molecule has 1 atom stereocenters. The van der Waals surface area contributed by atoms with Crippen molar-refractivity contribution < 1.29 is 14.6 Å². The Hall–Kier alpha value is -1.22. The number of rotatable bonds is 6. The lowest BCUT2D eigenvalue weighted by Gasteiger charge is -2.13. The zero-order chi connectivity index (χ0) is 12.3. The summed E-state index contributed by atoms with van der Waals surface area (Å²) in [7, 11) is 1.62. The number of aliphatic hydroxyl groups excluding tert-OH is 1. The second kappa shape index (κ2) is 5.41. The van der Waals surface area contributed by atoms with Crippen molar-refractivity contribution in [1.82, 2.24) is 0 Å². The Balaban J connectivity index is 1.98. The fourth-order valence-corrected chi connectivity index (χ4v) is 1.81. The van der Waals surface area contributed by atoms with Gasteiger partial charge in [0.1, 0.15) is 0 Å². The summed E-state index contributed by atoms with van der Waals surface area (Å²) in [6.45, 7) is 2.48. The maximum absolute atomic E-state index is 9.50. The molecule has 0 aromatic heterocycles. The molecule has 0 saturated heterocycles. The van der Waals surface area contributed by atoms with E-state index in [-0.39, 0.29) is 0 Å². The van der Waals surface area contributed by atoms with Crippen molar-refractivity contribution in [2.24, 2.45) is 5.92 Å². The predicted octanol–water partition coefficient (Wildman–Crippen LogP) is 2.93. The Morgan fingerprint density at radius 2 is 2.12 bits per heavy atom. The van der Waals surface area contributed by atoms with Crippen molar-refractivity contribution in [3.63, 3.8) is 0 Å². The summed E-state index contributed by atoms with van der Waals surface area (Å²) in [5.74, 6) is 2.33. The third-order valence-electron chi connectivity index (χ3n) is 3.15. The molecule has 1 aromatic carbocycles. The summed E-state index contributed by atoms with van der Waals surface area (Å²) < 4.78 is 11.0. The molecule has 1 N–H and O–H groups in total. The summed E-state index contributed by atoms with van der Waals surface area (Å²) in [6, 6.07) is 5.57. The first-order valence-corrected chi connectivity index (χ1v) is 6.19. The van der Waals surface area contributed by atoms with Crippen LogP contribution >= 0.6 is 0 Å². The van der Waals surface area contributed by atoms with E-state index in [1.807, 2.05) is 18.2 Å². The molecule has 0 amide bonds. The van der Waals surface area contributed by atoms with E-state index in [1.54, 1.807) is 14.0 Å². The van der Waals surface area contributed by atoms with Crippen LogP contribution in [0.25, 0.3) is 0 Å². The van der Waals surface area contributed by atoms with Crippen LogP contribution in [0.2, 0.25) is 0 Å². The van der Waals surface area contributed by atoms with Crippen molar-refractivity contribution in [2.45, 2.75) is 32.3 Å². The number of methoxy groups -OCH3 is 1. The monoisotopic (exact) mass is 236 g/mol. The van der Waals surface area contributed by atoms with Gasteiger partial charge in [-0.1, -0.05) is 18.9 Å². The third kappa shape index (κ3) is 3.37. The molecule has 1 saturated carbocycles. The minimum Gasteiger partial charge on any atom is -0.493 e. The fraction of sp³-hybridized carbons (Fsp3) is 0.571. The lowest BCUT2D eigenvalue weighted by molar-refractivity contribution is 0.198. The van der Waals surface area contributed by atoms with E-state index >= 15 is 0 Å². The molecule has 0 aliphatic heterocycles. The molecule has 0 heterocycles. The van der Waals surface area contributed by atoms with E-state index in [1.165, 1.54) is 12.8 Å². The van der Waals surface area contributed by atoms with Crippen LogP contribution < -0.4 is 9.47 Å². The van der Waals surface area contributed by atoms with Gasteiger partial charge in [-0.15, -0.1) is 0 Å².